The van der Waals surface area contributed by atoms with E-state index in [1.165, 1.54) is 16.7 Å². The normalized spacial score (nSPS) is 21.3. The van der Waals surface area contributed by atoms with Crippen molar-refractivity contribution < 1.29 is 14.4 Å². The SMILES string of the molecule is CCC(=O)N1C(=O)C2(SCC(=O)N2c2cc(C)cc(C)c2)c2ccccc21. The van der Waals surface area contributed by atoms with Crippen LogP contribution in [0, 0.1) is 13.8 Å². The molecule has 5 nitrogen and oxygen atoms in total. The molecule has 1 fully saturated rings. The standard InChI is InChI=1S/C21H20N2O3S/c1-4-18(24)22-17-8-6-5-7-16(17)21(20(22)26)23(19(25)12-27-21)15-10-13(2)9-14(3)11-15/h5-11H,4,12H2,1-3H3. The Labute approximate surface area is 162 Å². The molecule has 2 aromatic rings. The smallest absolute Gasteiger partial charge is 0.275 e. The first-order chi connectivity index (χ1) is 12.9. The predicted octanol–water partition coefficient (Wildman–Crippen LogP) is 3.52. The number of anilines is 2. The summed E-state index contributed by atoms with van der Waals surface area (Å²) >= 11 is 1.29. The Hall–Kier alpha value is -2.60. The van der Waals surface area contributed by atoms with Crippen molar-refractivity contribution in [3.8, 4) is 0 Å². The number of thioether (sulfide) groups is 1. The van der Waals surface area contributed by atoms with Gasteiger partial charge in [0, 0.05) is 17.7 Å². The molecule has 2 aliphatic rings. The largest absolute Gasteiger partial charge is 0.283 e. The van der Waals surface area contributed by atoms with Gasteiger partial charge in [-0.3, -0.25) is 19.3 Å². The summed E-state index contributed by atoms with van der Waals surface area (Å²) in [7, 11) is 0. The van der Waals surface area contributed by atoms with Crippen molar-refractivity contribution in [2.45, 2.75) is 32.1 Å². The molecule has 1 unspecified atom stereocenters. The van der Waals surface area contributed by atoms with E-state index in [0.29, 0.717) is 16.9 Å². The van der Waals surface area contributed by atoms with Crippen molar-refractivity contribution in [3.63, 3.8) is 0 Å². The fourth-order valence-corrected chi connectivity index (χ4v) is 5.31. The van der Waals surface area contributed by atoms with Crippen LogP contribution < -0.4 is 9.80 Å². The molecule has 1 spiro atoms. The number of rotatable bonds is 2. The molecule has 1 saturated heterocycles. The lowest BCUT2D eigenvalue weighted by Crippen LogP contribution is -2.51. The predicted molar refractivity (Wildman–Crippen MR) is 107 cm³/mol. The van der Waals surface area contributed by atoms with Gasteiger partial charge >= 0.3 is 0 Å². The van der Waals surface area contributed by atoms with Gasteiger partial charge in [-0.05, 0) is 43.2 Å². The molecule has 0 bridgehead atoms. The number of amides is 3. The summed E-state index contributed by atoms with van der Waals surface area (Å²) in [6.45, 7) is 5.67. The zero-order valence-corrected chi connectivity index (χ0v) is 16.3. The van der Waals surface area contributed by atoms with Crippen molar-refractivity contribution in [1.29, 1.82) is 0 Å². The Morgan fingerprint density at radius 2 is 1.78 bits per heavy atom. The minimum atomic E-state index is -1.22. The van der Waals surface area contributed by atoms with Crippen molar-refractivity contribution in [3.05, 3.63) is 59.2 Å². The van der Waals surface area contributed by atoms with E-state index < -0.39 is 4.87 Å². The van der Waals surface area contributed by atoms with E-state index in [-0.39, 0.29) is 29.9 Å². The summed E-state index contributed by atoms with van der Waals surface area (Å²) in [4.78, 5) is 40.6. The summed E-state index contributed by atoms with van der Waals surface area (Å²) in [6.07, 6.45) is 0.221. The summed E-state index contributed by atoms with van der Waals surface area (Å²) in [5.41, 5.74) is 4.00. The van der Waals surface area contributed by atoms with Gasteiger partial charge in [0.1, 0.15) is 0 Å². The second-order valence-electron chi connectivity index (χ2n) is 6.91. The third kappa shape index (κ3) is 2.43. The van der Waals surface area contributed by atoms with Crippen molar-refractivity contribution in [2.75, 3.05) is 15.6 Å². The molecule has 2 aromatic carbocycles. The van der Waals surface area contributed by atoms with Gasteiger partial charge < -0.3 is 0 Å². The molecule has 3 amide bonds. The molecule has 0 aliphatic carbocycles. The second-order valence-corrected chi connectivity index (χ2v) is 8.08. The topological polar surface area (TPSA) is 57.7 Å². The summed E-state index contributed by atoms with van der Waals surface area (Å²) in [6, 6.07) is 13.1. The maximum atomic E-state index is 13.6. The molecule has 138 valence electrons. The van der Waals surface area contributed by atoms with Crippen molar-refractivity contribution in [2.24, 2.45) is 0 Å². The van der Waals surface area contributed by atoms with Crippen LogP contribution in [0.4, 0.5) is 11.4 Å². The quantitative estimate of drug-likeness (QED) is 0.800. The lowest BCUT2D eigenvalue weighted by molar-refractivity contribution is -0.128. The second kappa shape index (κ2) is 6.23. The van der Waals surface area contributed by atoms with Crippen LogP contribution in [0.15, 0.2) is 42.5 Å². The van der Waals surface area contributed by atoms with Gasteiger partial charge in [-0.2, -0.15) is 0 Å². The molecule has 1 atom stereocenters. The van der Waals surface area contributed by atoms with Crippen molar-refractivity contribution >= 4 is 40.9 Å². The number of para-hydroxylation sites is 1. The zero-order chi connectivity index (χ0) is 19.3. The Morgan fingerprint density at radius 3 is 2.44 bits per heavy atom. The van der Waals surface area contributed by atoms with Gasteiger partial charge in [-0.1, -0.05) is 31.2 Å². The minimum Gasteiger partial charge on any atom is -0.283 e. The van der Waals surface area contributed by atoms with Crippen molar-refractivity contribution in [1.82, 2.24) is 0 Å². The van der Waals surface area contributed by atoms with Gasteiger partial charge in [-0.15, -0.1) is 11.8 Å². The van der Waals surface area contributed by atoms with Crippen LogP contribution in [-0.2, 0) is 19.3 Å². The molecular formula is C21H20N2O3S. The van der Waals surface area contributed by atoms with E-state index in [4.69, 9.17) is 0 Å². The van der Waals surface area contributed by atoms with Crippen LogP contribution in [0.1, 0.15) is 30.0 Å². The van der Waals surface area contributed by atoms with Crippen LogP contribution in [-0.4, -0.2) is 23.5 Å². The highest BCUT2D eigenvalue weighted by molar-refractivity contribution is 8.02. The average molecular weight is 380 g/mol. The highest BCUT2D eigenvalue weighted by Gasteiger charge is 2.62. The van der Waals surface area contributed by atoms with Gasteiger partial charge in [0.2, 0.25) is 16.7 Å². The van der Waals surface area contributed by atoms with E-state index in [1.807, 2.05) is 50.2 Å². The summed E-state index contributed by atoms with van der Waals surface area (Å²) in [5.74, 6) is -0.546. The van der Waals surface area contributed by atoms with Gasteiger partial charge in [0.05, 0.1) is 11.4 Å². The number of hydrogen-bond donors (Lipinski definition) is 0. The van der Waals surface area contributed by atoms with Gasteiger partial charge in [0.25, 0.3) is 5.91 Å². The number of carbonyl (C=O) groups excluding carboxylic acids is 3. The molecule has 0 saturated carbocycles. The van der Waals surface area contributed by atoms with Crippen LogP contribution in [0.2, 0.25) is 0 Å². The monoisotopic (exact) mass is 380 g/mol. The van der Waals surface area contributed by atoms with Gasteiger partial charge in [0.15, 0.2) is 0 Å². The van der Waals surface area contributed by atoms with E-state index in [0.717, 1.165) is 11.1 Å². The number of hydrogen-bond acceptors (Lipinski definition) is 4. The molecular weight excluding hydrogens is 360 g/mol. The van der Waals surface area contributed by atoms with E-state index >= 15 is 0 Å². The van der Waals surface area contributed by atoms with E-state index in [2.05, 4.69) is 0 Å². The third-order valence-electron chi connectivity index (χ3n) is 4.99. The fraction of sp³-hybridized carbons (Fsp3) is 0.286. The van der Waals surface area contributed by atoms with Crippen LogP contribution in [0.25, 0.3) is 0 Å². The fourth-order valence-electron chi connectivity index (χ4n) is 3.97. The molecule has 2 heterocycles. The Bertz CT molecular complexity index is 967. The highest BCUT2D eigenvalue weighted by atomic mass is 32.2. The summed E-state index contributed by atoms with van der Waals surface area (Å²) < 4.78 is 0. The molecule has 27 heavy (non-hydrogen) atoms. The molecule has 0 N–H and O–H groups in total. The minimum absolute atomic E-state index is 0.126. The number of benzene rings is 2. The van der Waals surface area contributed by atoms with Crippen LogP contribution in [0.5, 0.6) is 0 Å². The van der Waals surface area contributed by atoms with Gasteiger partial charge in [-0.25, -0.2) is 4.90 Å². The first-order valence-corrected chi connectivity index (χ1v) is 9.91. The van der Waals surface area contributed by atoms with E-state index in [1.54, 1.807) is 17.9 Å². The molecule has 4 rings (SSSR count). The maximum absolute atomic E-state index is 13.6. The molecule has 0 radical (unpaired) electrons. The highest BCUT2D eigenvalue weighted by Crippen LogP contribution is 2.55. The number of fused-ring (bicyclic) bond motifs is 2. The third-order valence-corrected chi connectivity index (χ3v) is 6.37. The lowest BCUT2D eigenvalue weighted by atomic mass is 10.0. The van der Waals surface area contributed by atoms with Crippen LogP contribution in [0.3, 0.4) is 0 Å². The molecule has 6 heteroatoms. The number of imide groups is 1. The van der Waals surface area contributed by atoms with E-state index in [9.17, 15) is 14.4 Å². The summed E-state index contributed by atoms with van der Waals surface area (Å²) in [5, 5.41) is 0. The number of nitrogens with zero attached hydrogens (tertiary/aromatic N) is 2. The molecule has 0 aromatic heterocycles. The lowest BCUT2D eigenvalue weighted by Gasteiger charge is -2.33. The number of carbonyl (C=O) groups is 3. The van der Waals surface area contributed by atoms with Crippen LogP contribution >= 0.6 is 11.8 Å². The Kier molecular flexibility index (Phi) is 4.11. The zero-order valence-electron chi connectivity index (χ0n) is 15.5. The first kappa shape index (κ1) is 17.8. The maximum Gasteiger partial charge on any atom is 0.275 e. The Balaban J connectivity index is 1.96. The number of aryl methyl sites for hydroxylation is 2. The molecule has 2 aliphatic heterocycles. The average Bonchev–Trinajstić information content (AvgIpc) is 3.10. The Morgan fingerprint density at radius 1 is 1.11 bits per heavy atom. The first-order valence-electron chi connectivity index (χ1n) is 8.92.